The van der Waals surface area contributed by atoms with Crippen LogP contribution in [0.1, 0.15) is 85.5 Å². The van der Waals surface area contributed by atoms with Crippen LogP contribution in [0.3, 0.4) is 0 Å². The Kier molecular flexibility index (Phi) is 10.6. The van der Waals surface area contributed by atoms with Gasteiger partial charge in [0, 0.05) is 20.3 Å². The third-order valence-electron chi connectivity index (χ3n) is 5.40. The van der Waals surface area contributed by atoms with Gasteiger partial charge in [-0.25, -0.2) is 0 Å². The van der Waals surface area contributed by atoms with Gasteiger partial charge in [-0.05, 0) is 26.2 Å². The maximum absolute atomic E-state index is 11.4. The van der Waals surface area contributed by atoms with E-state index in [-0.39, 0.29) is 12.1 Å². The number of unbranched alkanes of at least 4 members (excludes halogenated alkanes) is 6. The van der Waals surface area contributed by atoms with Crippen molar-refractivity contribution in [2.45, 2.75) is 97.8 Å². The van der Waals surface area contributed by atoms with Crippen molar-refractivity contribution in [3.05, 3.63) is 24.6 Å². The van der Waals surface area contributed by atoms with Crippen LogP contribution in [0.15, 0.2) is 24.6 Å². The molecule has 2 N–H and O–H groups in total. The fraction of sp³-hybridized carbons (Fsp3) is 0.762. The lowest BCUT2D eigenvalue weighted by Crippen LogP contribution is -2.62. The van der Waals surface area contributed by atoms with E-state index >= 15 is 0 Å². The van der Waals surface area contributed by atoms with Gasteiger partial charge in [-0.3, -0.25) is 9.28 Å². The zero-order valence-electron chi connectivity index (χ0n) is 16.9. The number of carbonyl (C=O) groups is 1. The Morgan fingerprint density at radius 2 is 1.84 bits per heavy atom. The number of amides is 1. The SMILES string of the molecule is CCCCCCCC/C=C/CCC1NC=C[N+]1(CC)C(C)NC(C)=O. The topological polar surface area (TPSA) is 41.1 Å². The minimum absolute atomic E-state index is 0.0383. The van der Waals surface area contributed by atoms with Gasteiger partial charge in [-0.2, -0.15) is 0 Å². The van der Waals surface area contributed by atoms with Crippen LogP contribution in [0.2, 0.25) is 0 Å². The van der Waals surface area contributed by atoms with Gasteiger partial charge in [0.25, 0.3) is 0 Å². The summed E-state index contributed by atoms with van der Waals surface area (Å²) in [7, 11) is 0. The number of quaternary nitrogens is 1. The van der Waals surface area contributed by atoms with E-state index in [1.54, 1.807) is 6.92 Å². The van der Waals surface area contributed by atoms with Crippen molar-refractivity contribution in [3.63, 3.8) is 0 Å². The molecule has 0 aromatic rings. The van der Waals surface area contributed by atoms with Crippen LogP contribution in [0.25, 0.3) is 0 Å². The number of hydrogen-bond acceptors (Lipinski definition) is 2. The number of allylic oxidation sites excluding steroid dienone is 2. The third-order valence-corrected chi connectivity index (χ3v) is 5.40. The number of hydrogen-bond donors (Lipinski definition) is 2. The molecule has 3 atom stereocenters. The van der Waals surface area contributed by atoms with Crippen molar-refractivity contribution in [1.82, 2.24) is 10.6 Å². The fourth-order valence-corrected chi connectivity index (χ4v) is 3.80. The summed E-state index contributed by atoms with van der Waals surface area (Å²) in [4.78, 5) is 11.4. The molecule has 1 amide bonds. The Labute approximate surface area is 155 Å². The number of carbonyl (C=O) groups excluding carboxylic acids is 1. The average molecular weight is 351 g/mol. The third kappa shape index (κ3) is 7.23. The zero-order chi connectivity index (χ0) is 18.5. The average Bonchev–Trinajstić information content (AvgIpc) is 3.00. The first kappa shape index (κ1) is 21.8. The number of rotatable bonds is 13. The molecule has 4 heteroatoms. The van der Waals surface area contributed by atoms with Gasteiger partial charge in [0.05, 0.1) is 12.7 Å². The minimum Gasteiger partial charge on any atom is -0.338 e. The second kappa shape index (κ2) is 12.1. The van der Waals surface area contributed by atoms with Crippen LogP contribution in [0, 0.1) is 0 Å². The first-order valence-electron chi connectivity index (χ1n) is 10.3. The smallest absolute Gasteiger partial charge is 0.221 e. The van der Waals surface area contributed by atoms with Gasteiger partial charge in [-0.1, -0.05) is 51.2 Å². The Balaban J connectivity index is 2.31. The Hall–Kier alpha value is -1.29. The molecule has 3 unspecified atom stereocenters. The van der Waals surface area contributed by atoms with Crippen molar-refractivity contribution in [1.29, 1.82) is 0 Å². The van der Waals surface area contributed by atoms with E-state index in [9.17, 15) is 4.79 Å². The first-order valence-corrected chi connectivity index (χ1v) is 10.3. The largest absolute Gasteiger partial charge is 0.338 e. The Morgan fingerprint density at radius 1 is 1.16 bits per heavy atom. The van der Waals surface area contributed by atoms with Crippen molar-refractivity contribution in [3.8, 4) is 0 Å². The highest BCUT2D eigenvalue weighted by Gasteiger charge is 2.41. The quantitative estimate of drug-likeness (QED) is 0.285. The second-order valence-corrected chi connectivity index (χ2v) is 7.29. The van der Waals surface area contributed by atoms with Gasteiger partial charge in [0.2, 0.25) is 5.91 Å². The predicted octanol–water partition coefficient (Wildman–Crippen LogP) is 4.79. The van der Waals surface area contributed by atoms with Crippen molar-refractivity contribution in [2.24, 2.45) is 0 Å². The van der Waals surface area contributed by atoms with E-state index < -0.39 is 0 Å². The molecule has 0 aliphatic carbocycles. The highest BCUT2D eigenvalue weighted by Crippen LogP contribution is 2.25. The molecule has 4 nitrogen and oxygen atoms in total. The molecular formula is C21H40N3O+. The molecule has 144 valence electrons. The molecule has 0 spiro atoms. The van der Waals surface area contributed by atoms with Crippen molar-refractivity contribution in [2.75, 3.05) is 6.54 Å². The van der Waals surface area contributed by atoms with Gasteiger partial charge in [0.15, 0.2) is 12.3 Å². The molecule has 1 aliphatic rings. The Bertz CT molecular complexity index is 433. The molecule has 0 aromatic carbocycles. The summed E-state index contributed by atoms with van der Waals surface area (Å²) in [6.45, 7) is 9.12. The lowest BCUT2D eigenvalue weighted by Gasteiger charge is -2.41. The molecule has 25 heavy (non-hydrogen) atoms. The van der Waals surface area contributed by atoms with Crippen molar-refractivity contribution >= 4 is 5.91 Å². The maximum Gasteiger partial charge on any atom is 0.221 e. The van der Waals surface area contributed by atoms with Crippen LogP contribution in [0.4, 0.5) is 0 Å². The molecule has 1 heterocycles. The molecule has 0 saturated carbocycles. The fourth-order valence-electron chi connectivity index (χ4n) is 3.80. The Morgan fingerprint density at radius 3 is 2.52 bits per heavy atom. The van der Waals surface area contributed by atoms with E-state index in [4.69, 9.17) is 0 Å². The summed E-state index contributed by atoms with van der Waals surface area (Å²) < 4.78 is 0.783. The lowest BCUT2D eigenvalue weighted by atomic mass is 10.1. The van der Waals surface area contributed by atoms with E-state index in [1.807, 2.05) is 6.20 Å². The van der Waals surface area contributed by atoms with Crippen LogP contribution in [-0.2, 0) is 4.79 Å². The summed E-state index contributed by atoms with van der Waals surface area (Å²) in [6.07, 6.45) is 20.9. The summed E-state index contributed by atoms with van der Waals surface area (Å²) in [5.41, 5.74) is 0. The molecule has 1 rings (SSSR count). The maximum atomic E-state index is 11.4. The minimum atomic E-state index is 0.0383. The first-order chi connectivity index (χ1) is 12.1. The molecule has 0 aromatic heterocycles. The molecule has 0 bridgehead atoms. The van der Waals surface area contributed by atoms with Crippen molar-refractivity contribution < 1.29 is 9.28 Å². The van der Waals surface area contributed by atoms with Crippen LogP contribution >= 0.6 is 0 Å². The van der Waals surface area contributed by atoms with Gasteiger partial charge < -0.3 is 10.6 Å². The highest BCUT2D eigenvalue weighted by atomic mass is 16.1. The van der Waals surface area contributed by atoms with Crippen LogP contribution in [-0.4, -0.2) is 29.3 Å². The van der Waals surface area contributed by atoms with Gasteiger partial charge in [-0.15, -0.1) is 0 Å². The molecular weight excluding hydrogens is 310 g/mol. The molecule has 1 aliphatic heterocycles. The van der Waals surface area contributed by atoms with E-state index in [1.165, 1.54) is 44.9 Å². The van der Waals surface area contributed by atoms with E-state index in [0.717, 1.165) is 23.9 Å². The zero-order valence-corrected chi connectivity index (χ0v) is 16.9. The molecule has 0 fully saturated rings. The standard InChI is InChI=1S/C21H39N3O/c1-5-7-8-9-10-11-12-13-14-15-16-21-22-17-18-24(21,6-2)19(3)23-20(4)25/h13-14,17-19,21-22H,5-12,15-16H2,1-4H3/p+1/b14-13+. The summed E-state index contributed by atoms with van der Waals surface area (Å²) in [5.74, 6) is 0.0383. The molecule has 0 radical (unpaired) electrons. The van der Waals surface area contributed by atoms with Crippen LogP contribution in [0.5, 0.6) is 0 Å². The van der Waals surface area contributed by atoms with E-state index in [2.05, 4.69) is 49.8 Å². The number of nitrogens with zero attached hydrogens (tertiary/aromatic N) is 1. The van der Waals surface area contributed by atoms with Crippen LogP contribution < -0.4 is 10.6 Å². The predicted molar refractivity (Wildman–Crippen MR) is 107 cm³/mol. The summed E-state index contributed by atoms with van der Waals surface area (Å²) >= 11 is 0. The number of nitrogens with one attached hydrogen (secondary N) is 2. The van der Waals surface area contributed by atoms with E-state index in [0.29, 0.717) is 6.17 Å². The summed E-state index contributed by atoms with van der Waals surface area (Å²) in [6, 6.07) is 0. The highest BCUT2D eigenvalue weighted by molar-refractivity contribution is 5.72. The monoisotopic (exact) mass is 350 g/mol. The summed E-state index contributed by atoms with van der Waals surface area (Å²) in [5, 5.41) is 6.56. The normalized spacial score (nSPS) is 23.8. The van der Waals surface area contributed by atoms with Gasteiger partial charge >= 0.3 is 0 Å². The van der Waals surface area contributed by atoms with Gasteiger partial charge in [0.1, 0.15) is 6.20 Å². The molecule has 0 saturated heterocycles. The lowest BCUT2D eigenvalue weighted by molar-refractivity contribution is -0.923. The second-order valence-electron chi connectivity index (χ2n) is 7.29.